The molecule has 0 saturated heterocycles. The summed E-state index contributed by atoms with van der Waals surface area (Å²) in [6.07, 6.45) is 3.96. The van der Waals surface area contributed by atoms with Gasteiger partial charge in [-0.25, -0.2) is 0 Å². The lowest BCUT2D eigenvalue weighted by molar-refractivity contribution is 0.366. The highest BCUT2D eigenvalue weighted by atomic mass is 32.2. The molecule has 0 aliphatic rings. The Kier molecular flexibility index (Phi) is 5.67. The van der Waals surface area contributed by atoms with Crippen molar-refractivity contribution in [2.75, 3.05) is 27.2 Å². The van der Waals surface area contributed by atoms with Crippen LogP contribution in [0, 0.1) is 0 Å². The second kappa shape index (κ2) is 6.79. The van der Waals surface area contributed by atoms with Gasteiger partial charge in [-0.2, -0.15) is 17.0 Å². The van der Waals surface area contributed by atoms with E-state index in [1.54, 1.807) is 18.5 Å². The van der Waals surface area contributed by atoms with Gasteiger partial charge in [-0.3, -0.25) is 4.98 Å². The van der Waals surface area contributed by atoms with Crippen molar-refractivity contribution < 1.29 is 8.42 Å². The van der Waals surface area contributed by atoms with Crippen LogP contribution < -0.4 is 5.73 Å². The van der Waals surface area contributed by atoms with E-state index in [2.05, 4.69) is 4.98 Å². The van der Waals surface area contributed by atoms with Crippen molar-refractivity contribution in [2.24, 2.45) is 5.73 Å². The highest BCUT2D eigenvalue weighted by Gasteiger charge is 2.23. The van der Waals surface area contributed by atoms with Crippen LogP contribution in [0.1, 0.15) is 12.0 Å². The van der Waals surface area contributed by atoms with Crippen LogP contribution in [0.25, 0.3) is 0 Å². The van der Waals surface area contributed by atoms with E-state index in [1.165, 1.54) is 22.7 Å². The van der Waals surface area contributed by atoms with Gasteiger partial charge in [0.25, 0.3) is 10.2 Å². The molecule has 1 aromatic heterocycles. The lowest BCUT2D eigenvalue weighted by Crippen LogP contribution is -2.40. The number of pyridine rings is 1. The summed E-state index contributed by atoms with van der Waals surface area (Å²) in [6, 6.07) is 3.65. The smallest absolute Gasteiger partial charge is 0.281 e. The number of hydrogen-bond acceptors (Lipinski definition) is 4. The summed E-state index contributed by atoms with van der Waals surface area (Å²) >= 11 is 0. The fourth-order valence-corrected chi connectivity index (χ4v) is 2.60. The minimum Gasteiger partial charge on any atom is -0.330 e. The topological polar surface area (TPSA) is 79.5 Å². The zero-order valence-corrected chi connectivity index (χ0v) is 11.6. The van der Waals surface area contributed by atoms with Crippen molar-refractivity contribution in [2.45, 2.75) is 13.0 Å². The molecule has 7 heteroatoms. The highest BCUT2D eigenvalue weighted by molar-refractivity contribution is 7.86. The number of nitrogens with two attached hydrogens (primary N) is 1. The maximum Gasteiger partial charge on any atom is 0.281 e. The molecule has 0 fully saturated rings. The quantitative estimate of drug-likeness (QED) is 0.760. The van der Waals surface area contributed by atoms with Crippen LogP contribution in [0.4, 0.5) is 0 Å². The van der Waals surface area contributed by atoms with Crippen molar-refractivity contribution in [3.8, 4) is 0 Å². The Labute approximate surface area is 109 Å². The maximum absolute atomic E-state index is 12.1. The van der Waals surface area contributed by atoms with Gasteiger partial charge >= 0.3 is 0 Å². The van der Waals surface area contributed by atoms with E-state index in [-0.39, 0.29) is 0 Å². The molecular weight excluding hydrogens is 252 g/mol. The average molecular weight is 272 g/mol. The van der Waals surface area contributed by atoms with Crippen LogP contribution in [-0.2, 0) is 16.8 Å². The van der Waals surface area contributed by atoms with E-state index in [4.69, 9.17) is 5.73 Å². The van der Waals surface area contributed by atoms with Gasteiger partial charge < -0.3 is 5.73 Å². The molecule has 0 spiro atoms. The van der Waals surface area contributed by atoms with E-state index >= 15 is 0 Å². The van der Waals surface area contributed by atoms with Gasteiger partial charge in [-0.05, 0) is 24.6 Å². The van der Waals surface area contributed by atoms with Crippen LogP contribution in [0.2, 0.25) is 0 Å². The van der Waals surface area contributed by atoms with Crippen LogP contribution in [0.5, 0.6) is 0 Å². The predicted molar refractivity (Wildman–Crippen MR) is 70.9 cm³/mol. The summed E-state index contributed by atoms with van der Waals surface area (Å²) in [7, 11) is -0.382. The number of hydrogen-bond donors (Lipinski definition) is 1. The fourth-order valence-electron chi connectivity index (χ4n) is 1.47. The lowest BCUT2D eigenvalue weighted by atomic mass is 10.3. The molecule has 0 atom stereocenters. The van der Waals surface area contributed by atoms with Gasteiger partial charge in [-0.1, -0.05) is 6.07 Å². The Bertz CT molecular complexity index is 447. The number of aromatic nitrogens is 1. The first-order valence-electron chi connectivity index (χ1n) is 5.75. The minimum absolute atomic E-state index is 0.314. The molecule has 0 aliphatic carbocycles. The summed E-state index contributed by atoms with van der Waals surface area (Å²) in [6.45, 7) is 1.19. The molecule has 2 N–H and O–H groups in total. The summed E-state index contributed by atoms with van der Waals surface area (Å²) < 4.78 is 26.9. The Hall–Kier alpha value is -1.02. The van der Waals surface area contributed by atoms with E-state index < -0.39 is 10.2 Å². The zero-order valence-electron chi connectivity index (χ0n) is 10.8. The predicted octanol–water partition coefficient (Wildman–Crippen LogP) is 0.0388. The van der Waals surface area contributed by atoms with Crippen LogP contribution in [0.15, 0.2) is 24.5 Å². The molecule has 0 aliphatic heterocycles. The SMILES string of the molecule is CN(C)S(=O)(=O)N(CCCN)Cc1cccnc1. The second-order valence-electron chi connectivity index (χ2n) is 4.13. The number of rotatable bonds is 7. The molecule has 0 unspecified atom stereocenters. The number of nitrogens with zero attached hydrogens (tertiary/aromatic N) is 3. The molecule has 18 heavy (non-hydrogen) atoms. The zero-order chi connectivity index (χ0) is 13.6. The molecule has 0 saturated carbocycles. The van der Waals surface area contributed by atoms with Crippen LogP contribution in [-0.4, -0.2) is 49.2 Å². The van der Waals surface area contributed by atoms with Crippen LogP contribution in [0.3, 0.4) is 0 Å². The monoisotopic (exact) mass is 272 g/mol. The molecule has 6 nitrogen and oxygen atoms in total. The van der Waals surface area contributed by atoms with E-state index in [0.29, 0.717) is 26.1 Å². The molecule has 1 aromatic rings. The molecule has 1 heterocycles. The van der Waals surface area contributed by atoms with Crippen LogP contribution >= 0.6 is 0 Å². The van der Waals surface area contributed by atoms with E-state index in [9.17, 15) is 8.42 Å². The normalized spacial score (nSPS) is 12.3. The van der Waals surface area contributed by atoms with Crippen molar-refractivity contribution in [1.82, 2.24) is 13.6 Å². The van der Waals surface area contributed by atoms with Crippen molar-refractivity contribution in [1.29, 1.82) is 0 Å². The van der Waals surface area contributed by atoms with Gasteiger partial charge in [0.1, 0.15) is 0 Å². The van der Waals surface area contributed by atoms with Gasteiger partial charge in [0.05, 0.1) is 0 Å². The van der Waals surface area contributed by atoms with E-state index in [1.807, 2.05) is 6.07 Å². The third kappa shape index (κ3) is 4.02. The molecule has 102 valence electrons. The van der Waals surface area contributed by atoms with Gasteiger partial charge in [0.2, 0.25) is 0 Å². The molecule has 1 rings (SSSR count). The molecule has 0 radical (unpaired) electrons. The third-order valence-electron chi connectivity index (χ3n) is 2.48. The first-order chi connectivity index (χ1) is 8.48. The first kappa shape index (κ1) is 15.0. The lowest BCUT2D eigenvalue weighted by Gasteiger charge is -2.25. The van der Waals surface area contributed by atoms with Gasteiger partial charge in [0, 0.05) is 39.6 Å². The summed E-state index contributed by atoms with van der Waals surface area (Å²) in [5, 5.41) is 0. The van der Waals surface area contributed by atoms with Gasteiger partial charge in [-0.15, -0.1) is 0 Å². The standard InChI is InChI=1S/C11H20N4O2S/c1-14(2)18(16,17)15(8-4-6-12)10-11-5-3-7-13-9-11/h3,5,7,9H,4,6,8,10,12H2,1-2H3. The molecular formula is C11H20N4O2S. The summed E-state index contributed by atoms with van der Waals surface area (Å²) in [4.78, 5) is 3.99. The van der Waals surface area contributed by atoms with Crippen molar-refractivity contribution in [3.05, 3.63) is 30.1 Å². The Morgan fingerprint density at radius 3 is 2.61 bits per heavy atom. The molecule has 0 aromatic carbocycles. The Morgan fingerprint density at radius 2 is 2.11 bits per heavy atom. The summed E-state index contributed by atoms with van der Waals surface area (Å²) in [5.41, 5.74) is 6.30. The third-order valence-corrected chi connectivity index (χ3v) is 4.37. The largest absolute Gasteiger partial charge is 0.330 e. The first-order valence-corrected chi connectivity index (χ1v) is 7.14. The van der Waals surface area contributed by atoms with Crippen molar-refractivity contribution in [3.63, 3.8) is 0 Å². The van der Waals surface area contributed by atoms with Crippen molar-refractivity contribution >= 4 is 10.2 Å². The van der Waals surface area contributed by atoms with E-state index in [0.717, 1.165) is 5.56 Å². The fraction of sp³-hybridized carbons (Fsp3) is 0.545. The average Bonchev–Trinajstić information content (AvgIpc) is 2.35. The second-order valence-corrected chi connectivity index (χ2v) is 6.27. The molecule has 0 amide bonds. The Balaban J connectivity index is 2.86. The highest BCUT2D eigenvalue weighted by Crippen LogP contribution is 2.11. The minimum atomic E-state index is -3.43. The van der Waals surface area contributed by atoms with Gasteiger partial charge in [0.15, 0.2) is 0 Å². The maximum atomic E-state index is 12.1. The summed E-state index contributed by atoms with van der Waals surface area (Å²) in [5.74, 6) is 0. The molecule has 0 bridgehead atoms. The Morgan fingerprint density at radius 1 is 1.39 bits per heavy atom.